The molecule has 0 radical (unpaired) electrons. The van der Waals surface area contributed by atoms with Crippen molar-refractivity contribution >= 4 is 66.8 Å². The van der Waals surface area contributed by atoms with Crippen LogP contribution in [0.5, 0.6) is 5.75 Å². The molecule has 3 aromatic rings. The van der Waals surface area contributed by atoms with Crippen molar-refractivity contribution in [3.8, 4) is 11.4 Å². The first-order valence-corrected chi connectivity index (χ1v) is 8.18. The molecule has 0 aliphatic heterocycles. The van der Waals surface area contributed by atoms with Gasteiger partial charge in [-0.2, -0.15) is 0 Å². The molecule has 108 valence electrons. The van der Waals surface area contributed by atoms with Crippen LogP contribution in [0.15, 0.2) is 33.3 Å². The topological polar surface area (TPSA) is 42.8 Å². The molecule has 2 heterocycles. The normalized spacial score (nSPS) is 11.0. The Bertz CT molecular complexity index is 906. The molecular formula is C13H8Br2ClN3OS. The molecule has 21 heavy (non-hydrogen) atoms. The second-order valence-corrected chi connectivity index (χ2v) is 6.76. The van der Waals surface area contributed by atoms with Crippen molar-refractivity contribution in [2.24, 2.45) is 0 Å². The Morgan fingerprint density at radius 1 is 1.29 bits per heavy atom. The van der Waals surface area contributed by atoms with Gasteiger partial charge in [0, 0.05) is 16.7 Å². The molecule has 4 nitrogen and oxygen atoms in total. The summed E-state index contributed by atoms with van der Waals surface area (Å²) in [5, 5.41) is 0.554. The molecular weight excluding hydrogens is 441 g/mol. The molecule has 0 amide bonds. The minimum atomic E-state index is 0.532. The van der Waals surface area contributed by atoms with Gasteiger partial charge in [0.25, 0.3) is 0 Å². The van der Waals surface area contributed by atoms with Crippen LogP contribution in [0.2, 0.25) is 5.02 Å². The number of H-pyrrole nitrogens is 1. The van der Waals surface area contributed by atoms with Crippen molar-refractivity contribution in [1.82, 2.24) is 14.5 Å². The molecule has 1 aromatic carbocycles. The molecule has 8 heteroatoms. The molecule has 0 aliphatic carbocycles. The van der Waals surface area contributed by atoms with Crippen molar-refractivity contribution in [2.45, 2.75) is 0 Å². The molecule has 0 bridgehead atoms. The molecule has 0 atom stereocenters. The summed E-state index contributed by atoms with van der Waals surface area (Å²) >= 11 is 18.4. The third-order valence-electron chi connectivity index (χ3n) is 2.95. The van der Waals surface area contributed by atoms with Gasteiger partial charge in [-0.1, -0.05) is 11.6 Å². The summed E-state index contributed by atoms with van der Waals surface area (Å²) in [7, 11) is 1.62. The van der Waals surface area contributed by atoms with Gasteiger partial charge >= 0.3 is 0 Å². The molecule has 2 aromatic heterocycles. The lowest BCUT2D eigenvalue weighted by molar-refractivity contribution is 0.412. The fourth-order valence-electron chi connectivity index (χ4n) is 2.04. The number of methoxy groups -OCH3 is 1. The van der Waals surface area contributed by atoms with Crippen molar-refractivity contribution in [3.05, 3.63) is 43.1 Å². The second kappa shape index (κ2) is 5.72. The van der Waals surface area contributed by atoms with Crippen LogP contribution in [-0.4, -0.2) is 21.6 Å². The Morgan fingerprint density at radius 3 is 2.76 bits per heavy atom. The SMILES string of the molecule is COc1cc(-n2c(=S)[nH]c3cc(Cl)cnc32)c(Br)cc1Br. The quantitative estimate of drug-likeness (QED) is 0.542. The first-order valence-electron chi connectivity index (χ1n) is 5.81. The standard InChI is InChI=1S/C13H8Br2ClN3OS/c1-20-11-4-10(7(14)3-8(11)15)19-12-9(18-13(19)21)2-6(16)5-17-12/h2-5H,1H3,(H,18,21). The van der Waals surface area contributed by atoms with Gasteiger partial charge in [-0.05, 0) is 56.2 Å². The number of fused-ring (bicyclic) bond motifs is 1. The van der Waals surface area contributed by atoms with E-state index in [9.17, 15) is 0 Å². The number of pyridine rings is 1. The molecule has 0 saturated carbocycles. The van der Waals surface area contributed by atoms with Crippen LogP contribution >= 0.6 is 55.7 Å². The van der Waals surface area contributed by atoms with Crippen molar-refractivity contribution in [3.63, 3.8) is 0 Å². The van der Waals surface area contributed by atoms with Crippen LogP contribution in [0.4, 0.5) is 0 Å². The van der Waals surface area contributed by atoms with Gasteiger partial charge in [-0.3, -0.25) is 4.57 Å². The first kappa shape index (κ1) is 15.0. The fraction of sp³-hybridized carbons (Fsp3) is 0.0769. The number of aromatic nitrogens is 3. The molecule has 0 saturated heterocycles. The zero-order valence-corrected chi connectivity index (χ0v) is 15.4. The van der Waals surface area contributed by atoms with Crippen molar-refractivity contribution < 1.29 is 4.74 Å². The zero-order chi connectivity index (χ0) is 15.1. The van der Waals surface area contributed by atoms with Gasteiger partial charge in [-0.25, -0.2) is 4.98 Å². The van der Waals surface area contributed by atoms with E-state index in [4.69, 9.17) is 28.6 Å². The third-order valence-corrected chi connectivity index (χ3v) is 4.70. The molecule has 0 spiro atoms. The minimum absolute atomic E-state index is 0.532. The summed E-state index contributed by atoms with van der Waals surface area (Å²) in [6.07, 6.45) is 1.59. The first-order chi connectivity index (χ1) is 10.0. The number of hydrogen-bond acceptors (Lipinski definition) is 3. The van der Waals surface area contributed by atoms with Crippen LogP contribution in [-0.2, 0) is 0 Å². The largest absolute Gasteiger partial charge is 0.495 e. The third kappa shape index (κ3) is 2.63. The maximum Gasteiger partial charge on any atom is 0.184 e. The van der Waals surface area contributed by atoms with E-state index in [2.05, 4.69) is 41.8 Å². The lowest BCUT2D eigenvalue weighted by Crippen LogP contribution is -1.98. The summed E-state index contributed by atoms with van der Waals surface area (Å²) in [6.45, 7) is 0. The number of halogens is 3. The Balaban J connectivity index is 2.35. The highest BCUT2D eigenvalue weighted by Crippen LogP contribution is 2.35. The Morgan fingerprint density at radius 2 is 2.05 bits per heavy atom. The number of ether oxygens (including phenoxy) is 1. The molecule has 0 unspecified atom stereocenters. The predicted octanol–water partition coefficient (Wildman–Crippen LogP) is 5.27. The van der Waals surface area contributed by atoms with Crippen LogP contribution in [0.1, 0.15) is 0 Å². The Kier molecular flexibility index (Phi) is 4.09. The van der Waals surface area contributed by atoms with Crippen LogP contribution < -0.4 is 4.74 Å². The summed E-state index contributed by atoms with van der Waals surface area (Å²) in [5.41, 5.74) is 2.32. The lowest BCUT2D eigenvalue weighted by Gasteiger charge is -2.11. The summed E-state index contributed by atoms with van der Waals surface area (Å²) in [5.74, 6) is 0.707. The number of benzene rings is 1. The highest BCUT2D eigenvalue weighted by molar-refractivity contribution is 9.11. The molecule has 1 N–H and O–H groups in total. The van der Waals surface area contributed by atoms with E-state index in [1.54, 1.807) is 19.4 Å². The molecule has 0 aliphatic rings. The summed E-state index contributed by atoms with van der Waals surface area (Å²) in [6, 6.07) is 5.58. The minimum Gasteiger partial charge on any atom is -0.495 e. The number of aromatic amines is 1. The van der Waals surface area contributed by atoms with E-state index < -0.39 is 0 Å². The van der Waals surface area contributed by atoms with Gasteiger partial charge < -0.3 is 9.72 Å². The highest BCUT2D eigenvalue weighted by atomic mass is 79.9. The maximum atomic E-state index is 5.96. The van der Waals surface area contributed by atoms with Gasteiger partial charge in [0.15, 0.2) is 10.4 Å². The van der Waals surface area contributed by atoms with Crippen LogP contribution in [0.25, 0.3) is 16.9 Å². The summed E-state index contributed by atoms with van der Waals surface area (Å²) < 4.78 is 9.42. The van der Waals surface area contributed by atoms with Crippen LogP contribution in [0.3, 0.4) is 0 Å². The number of nitrogens with one attached hydrogen (secondary N) is 1. The average Bonchev–Trinajstić information content (AvgIpc) is 2.74. The number of nitrogens with zero attached hydrogens (tertiary/aromatic N) is 2. The van der Waals surface area contributed by atoms with E-state index in [0.29, 0.717) is 21.2 Å². The van der Waals surface area contributed by atoms with Gasteiger partial charge in [0.2, 0.25) is 0 Å². The average molecular weight is 450 g/mol. The van der Waals surface area contributed by atoms with E-state index in [1.165, 1.54) is 0 Å². The zero-order valence-electron chi connectivity index (χ0n) is 10.7. The van der Waals surface area contributed by atoms with E-state index in [1.807, 2.05) is 16.7 Å². The number of imidazole rings is 1. The number of hydrogen-bond donors (Lipinski definition) is 1. The van der Waals surface area contributed by atoms with Crippen LogP contribution in [0, 0.1) is 4.77 Å². The van der Waals surface area contributed by atoms with Gasteiger partial charge in [0.1, 0.15) is 5.75 Å². The van der Waals surface area contributed by atoms with Crippen molar-refractivity contribution in [1.29, 1.82) is 0 Å². The fourth-order valence-corrected chi connectivity index (χ4v) is 3.83. The van der Waals surface area contributed by atoms with E-state index in [0.717, 1.165) is 20.1 Å². The number of rotatable bonds is 2. The lowest BCUT2D eigenvalue weighted by atomic mass is 10.3. The van der Waals surface area contributed by atoms with Gasteiger partial charge in [-0.15, -0.1) is 0 Å². The summed E-state index contributed by atoms with van der Waals surface area (Å²) in [4.78, 5) is 7.46. The van der Waals surface area contributed by atoms with Crippen molar-refractivity contribution in [2.75, 3.05) is 7.11 Å². The molecule has 0 fully saturated rings. The highest BCUT2D eigenvalue weighted by Gasteiger charge is 2.14. The smallest absolute Gasteiger partial charge is 0.184 e. The predicted molar refractivity (Wildman–Crippen MR) is 93.2 cm³/mol. The van der Waals surface area contributed by atoms with Gasteiger partial charge in [0.05, 0.1) is 27.8 Å². The molecule has 3 rings (SSSR count). The van der Waals surface area contributed by atoms with E-state index in [-0.39, 0.29) is 0 Å². The second-order valence-electron chi connectivity index (χ2n) is 4.23. The Labute approximate surface area is 147 Å². The maximum absolute atomic E-state index is 5.96. The van der Waals surface area contributed by atoms with E-state index >= 15 is 0 Å². The Hall–Kier alpha value is -0.890. The monoisotopic (exact) mass is 447 g/mol.